The Morgan fingerprint density at radius 1 is 1.31 bits per heavy atom. The number of hydrogen-bond donors (Lipinski definition) is 1. The Labute approximate surface area is 171 Å². The Morgan fingerprint density at radius 3 is 2.81 bits per heavy atom. The van der Waals surface area contributed by atoms with Crippen LogP contribution >= 0.6 is 24.0 Å². The molecule has 0 bridgehead atoms. The van der Waals surface area contributed by atoms with Crippen LogP contribution in [0.4, 0.5) is 8.78 Å². The summed E-state index contributed by atoms with van der Waals surface area (Å²) < 4.78 is 37.0. The number of aliphatic imine (C=N–C) groups is 1. The smallest absolute Gasteiger partial charge is 0.194 e. The van der Waals surface area contributed by atoms with Crippen molar-refractivity contribution in [1.82, 2.24) is 10.2 Å². The minimum Gasteiger partial charge on any atom is -0.492 e. The van der Waals surface area contributed by atoms with Crippen LogP contribution in [0.25, 0.3) is 0 Å². The number of likely N-dealkylation sites (tertiary alicyclic amines) is 1. The highest BCUT2D eigenvalue weighted by Crippen LogP contribution is 2.17. The minimum atomic E-state index is -0.910. The Kier molecular flexibility index (Phi) is 10.8. The first kappa shape index (κ1) is 22.9. The summed E-state index contributed by atoms with van der Waals surface area (Å²) in [4.78, 5) is 6.79. The van der Waals surface area contributed by atoms with E-state index in [0.29, 0.717) is 24.8 Å². The molecule has 0 spiro atoms. The summed E-state index contributed by atoms with van der Waals surface area (Å²) in [6, 6.07) is 3.51. The van der Waals surface area contributed by atoms with Crippen molar-refractivity contribution in [2.75, 3.05) is 46.0 Å². The van der Waals surface area contributed by atoms with Crippen molar-refractivity contribution in [2.45, 2.75) is 20.3 Å². The number of nitrogens with zero attached hydrogens (tertiary/aromatic N) is 2. The fourth-order valence-electron chi connectivity index (χ4n) is 2.75. The molecule has 1 aromatic carbocycles. The second kappa shape index (κ2) is 12.3. The summed E-state index contributed by atoms with van der Waals surface area (Å²) in [5, 5.41) is 3.29. The Bertz CT molecular complexity index is 575. The van der Waals surface area contributed by atoms with E-state index in [0.717, 1.165) is 57.4 Å². The van der Waals surface area contributed by atoms with E-state index in [9.17, 15) is 8.78 Å². The van der Waals surface area contributed by atoms with Gasteiger partial charge in [-0.1, -0.05) is 0 Å². The zero-order valence-corrected chi connectivity index (χ0v) is 17.7. The van der Waals surface area contributed by atoms with Crippen molar-refractivity contribution in [2.24, 2.45) is 10.9 Å². The molecule has 1 aliphatic rings. The van der Waals surface area contributed by atoms with Gasteiger partial charge in [-0.2, -0.15) is 0 Å². The molecule has 1 saturated heterocycles. The molecule has 1 aliphatic heterocycles. The molecule has 26 heavy (non-hydrogen) atoms. The van der Waals surface area contributed by atoms with Gasteiger partial charge >= 0.3 is 0 Å². The SMILES string of the molecule is CCNC(=NCCOc1ccc(F)c(F)c1)N1CCC(COCC)C1.I. The molecule has 0 amide bonds. The van der Waals surface area contributed by atoms with Crippen molar-refractivity contribution in [3.05, 3.63) is 29.8 Å². The van der Waals surface area contributed by atoms with Crippen LogP contribution < -0.4 is 10.1 Å². The molecule has 0 aromatic heterocycles. The predicted octanol–water partition coefficient (Wildman–Crippen LogP) is 3.29. The van der Waals surface area contributed by atoms with E-state index in [2.05, 4.69) is 15.2 Å². The lowest BCUT2D eigenvalue weighted by molar-refractivity contribution is 0.114. The molecule has 5 nitrogen and oxygen atoms in total. The summed E-state index contributed by atoms with van der Waals surface area (Å²) in [5.74, 6) is -0.100. The van der Waals surface area contributed by atoms with Crippen LogP contribution in [0.2, 0.25) is 0 Å². The zero-order valence-electron chi connectivity index (χ0n) is 15.3. The molecule has 0 radical (unpaired) electrons. The van der Waals surface area contributed by atoms with Gasteiger partial charge in [-0.3, -0.25) is 0 Å². The molecule has 0 saturated carbocycles. The first-order valence-corrected chi connectivity index (χ1v) is 8.82. The van der Waals surface area contributed by atoms with E-state index in [1.54, 1.807) is 0 Å². The maximum atomic E-state index is 13.1. The van der Waals surface area contributed by atoms with Gasteiger partial charge < -0.3 is 19.7 Å². The van der Waals surface area contributed by atoms with E-state index in [1.807, 2.05) is 13.8 Å². The van der Waals surface area contributed by atoms with Gasteiger partial charge in [0, 0.05) is 38.2 Å². The first-order valence-electron chi connectivity index (χ1n) is 8.82. The number of nitrogens with one attached hydrogen (secondary N) is 1. The summed E-state index contributed by atoms with van der Waals surface area (Å²) in [6.45, 7) is 8.97. The number of halogens is 3. The molecule has 1 fully saturated rings. The zero-order chi connectivity index (χ0) is 18.1. The first-order chi connectivity index (χ1) is 12.1. The van der Waals surface area contributed by atoms with E-state index in [1.165, 1.54) is 6.07 Å². The number of benzene rings is 1. The third-order valence-electron chi connectivity index (χ3n) is 3.99. The van der Waals surface area contributed by atoms with Gasteiger partial charge in [0.15, 0.2) is 17.6 Å². The van der Waals surface area contributed by atoms with E-state index in [4.69, 9.17) is 9.47 Å². The molecule has 1 aromatic rings. The predicted molar refractivity (Wildman–Crippen MR) is 109 cm³/mol. The van der Waals surface area contributed by atoms with Crippen LogP contribution in [0, 0.1) is 17.6 Å². The largest absolute Gasteiger partial charge is 0.492 e. The lowest BCUT2D eigenvalue weighted by Crippen LogP contribution is -2.40. The highest BCUT2D eigenvalue weighted by Gasteiger charge is 2.24. The third kappa shape index (κ3) is 7.22. The van der Waals surface area contributed by atoms with Crippen LogP contribution in [0.1, 0.15) is 20.3 Å². The van der Waals surface area contributed by atoms with Crippen LogP contribution in [-0.2, 0) is 4.74 Å². The average Bonchev–Trinajstić information content (AvgIpc) is 3.07. The average molecular weight is 483 g/mol. The highest BCUT2D eigenvalue weighted by atomic mass is 127. The summed E-state index contributed by atoms with van der Waals surface area (Å²) in [7, 11) is 0. The van der Waals surface area contributed by atoms with E-state index < -0.39 is 11.6 Å². The van der Waals surface area contributed by atoms with E-state index in [-0.39, 0.29) is 24.0 Å². The van der Waals surface area contributed by atoms with Gasteiger partial charge in [-0.05, 0) is 32.4 Å². The second-order valence-electron chi connectivity index (χ2n) is 5.92. The Hall–Kier alpha value is -1.16. The fourth-order valence-corrected chi connectivity index (χ4v) is 2.75. The monoisotopic (exact) mass is 483 g/mol. The standard InChI is InChI=1S/C18H27F2N3O2.HI/c1-3-21-18(23-9-7-14(12-23)13-24-4-2)22-8-10-25-15-5-6-16(19)17(20)11-15;/h5-6,11,14H,3-4,7-10,12-13H2,1-2H3,(H,21,22);1H. The third-order valence-corrected chi connectivity index (χ3v) is 3.99. The Balaban J connectivity index is 0.00000338. The van der Waals surface area contributed by atoms with Gasteiger partial charge in [0.2, 0.25) is 0 Å². The topological polar surface area (TPSA) is 46.1 Å². The lowest BCUT2D eigenvalue weighted by atomic mass is 10.1. The normalized spacial score (nSPS) is 17.2. The number of hydrogen-bond acceptors (Lipinski definition) is 3. The molecule has 1 atom stereocenters. The second-order valence-corrected chi connectivity index (χ2v) is 5.92. The molecule has 1 unspecified atom stereocenters. The lowest BCUT2D eigenvalue weighted by Gasteiger charge is -2.21. The molecular weight excluding hydrogens is 455 g/mol. The van der Waals surface area contributed by atoms with Crippen LogP contribution in [0.3, 0.4) is 0 Å². The molecule has 1 heterocycles. The van der Waals surface area contributed by atoms with Gasteiger partial charge in [-0.25, -0.2) is 13.8 Å². The van der Waals surface area contributed by atoms with Crippen molar-refractivity contribution >= 4 is 29.9 Å². The van der Waals surface area contributed by atoms with Crippen LogP contribution in [0.15, 0.2) is 23.2 Å². The van der Waals surface area contributed by atoms with Crippen LogP contribution in [-0.4, -0.2) is 56.9 Å². The maximum absolute atomic E-state index is 13.1. The van der Waals surface area contributed by atoms with Crippen molar-refractivity contribution in [3.8, 4) is 5.75 Å². The van der Waals surface area contributed by atoms with Gasteiger partial charge in [0.05, 0.1) is 13.2 Å². The van der Waals surface area contributed by atoms with Gasteiger partial charge in [-0.15, -0.1) is 24.0 Å². The van der Waals surface area contributed by atoms with Crippen molar-refractivity contribution in [3.63, 3.8) is 0 Å². The minimum absolute atomic E-state index is 0. The maximum Gasteiger partial charge on any atom is 0.194 e. The number of ether oxygens (including phenoxy) is 2. The van der Waals surface area contributed by atoms with Crippen molar-refractivity contribution < 1.29 is 18.3 Å². The fraction of sp³-hybridized carbons (Fsp3) is 0.611. The number of guanidine groups is 1. The van der Waals surface area contributed by atoms with Crippen molar-refractivity contribution in [1.29, 1.82) is 0 Å². The molecule has 1 N–H and O–H groups in total. The van der Waals surface area contributed by atoms with E-state index >= 15 is 0 Å². The Morgan fingerprint density at radius 2 is 2.12 bits per heavy atom. The summed E-state index contributed by atoms with van der Waals surface area (Å²) >= 11 is 0. The van der Waals surface area contributed by atoms with Crippen LogP contribution in [0.5, 0.6) is 5.75 Å². The quantitative estimate of drug-likeness (QED) is 0.267. The number of rotatable bonds is 8. The molecule has 0 aliphatic carbocycles. The summed E-state index contributed by atoms with van der Waals surface area (Å²) in [5.41, 5.74) is 0. The highest BCUT2D eigenvalue weighted by molar-refractivity contribution is 14.0. The molecule has 148 valence electrons. The molecular formula is C18H28F2IN3O2. The summed E-state index contributed by atoms with van der Waals surface area (Å²) in [6.07, 6.45) is 1.09. The van der Waals surface area contributed by atoms with Gasteiger partial charge in [0.1, 0.15) is 12.4 Å². The molecule has 8 heteroatoms. The van der Waals surface area contributed by atoms with Gasteiger partial charge in [0.25, 0.3) is 0 Å². The molecule has 2 rings (SSSR count).